The molecule has 2 heterocycles. The van der Waals surface area contributed by atoms with E-state index < -0.39 is 0 Å². The fourth-order valence-electron chi connectivity index (χ4n) is 4.49. The molecule has 206 valence electrons. The van der Waals surface area contributed by atoms with Crippen molar-refractivity contribution in [2.24, 2.45) is 0 Å². The third kappa shape index (κ3) is 7.98. The van der Waals surface area contributed by atoms with Gasteiger partial charge in [0, 0.05) is 57.4 Å². The monoisotopic (exact) mass is 547 g/mol. The highest BCUT2D eigenvalue weighted by Crippen LogP contribution is 2.21. The molecule has 4 rings (SSSR count). The number of methoxy groups -OCH3 is 1. The molecule has 0 atom stereocenters. The summed E-state index contributed by atoms with van der Waals surface area (Å²) in [6.07, 6.45) is 4.30. The zero-order valence-corrected chi connectivity index (χ0v) is 23.7. The molecule has 1 aliphatic rings. The summed E-state index contributed by atoms with van der Waals surface area (Å²) in [5, 5.41) is 5.56. The van der Waals surface area contributed by atoms with E-state index in [0.717, 1.165) is 41.5 Å². The SMILES string of the molecule is COCCN(Cc1nc(C(=O)N2CCN(C/C=C/c3ccccc3)CC2)cs1)C(=O)Nc1c(C)cccc1C. The number of piperazine rings is 1. The molecule has 8 nitrogen and oxygen atoms in total. The summed E-state index contributed by atoms with van der Waals surface area (Å²) in [5.41, 5.74) is 4.45. The Morgan fingerprint density at radius 2 is 1.77 bits per heavy atom. The van der Waals surface area contributed by atoms with Gasteiger partial charge in [-0.3, -0.25) is 9.69 Å². The van der Waals surface area contributed by atoms with E-state index in [2.05, 4.69) is 39.5 Å². The molecular weight excluding hydrogens is 510 g/mol. The average Bonchev–Trinajstić information content (AvgIpc) is 3.42. The van der Waals surface area contributed by atoms with Crippen LogP contribution in [0.2, 0.25) is 0 Å². The van der Waals surface area contributed by atoms with Crippen LogP contribution in [0.1, 0.15) is 32.2 Å². The largest absolute Gasteiger partial charge is 0.383 e. The Kier molecular flexibility index (Phi) is 10.2. The number of rotatable bonds is 10. The maximum Gasteiger partial charge on any atom is 0.322 e. The van der Waals surface area contributed by atoms with E-state index >= 15 is 0 Å². The number of thiazole rings is 1. The number of carbonyl (C=O) groups excluding carboxylic acids is 2. The van der Waals surface area contributed by atoms with Gasteiger partial charge in [-0.15, -0.1) is 11.3 Å². The Bertz CT molecular complexity index is 1250. The van der Waals surface area contributed by atoms with E-state index in [-0.39, 0.29) is 11.9 Å². The van der Waals surface area contributed by atoms with Crippen LogP contribution in [0.25, 0.3) is 6.08 Å². The molecule has 0 bridgehead atoms. The molecule has 1 N–H and O–H groups in total. The van der Waals surface area contributed by atoms with E-state index in [9.17, 15) is 9.59 Å². The number of aromatic nitrogens is 1. The minimum absolute atomic E-state index is 0.0552. The smallest absolute Gasteiger partial charge is 0.322 e. The number of hydrogen-bond acceptors (Lipinski definition) is 6. The molecule has 1 fully saturated rings. The fourth-order valence-corrected chi connectivity index (χ4v) is 5.28. The highest BCUT2D eigenvalue weighted by Gasteiger charge is 2.24. The molecule has 9 heteroatoms. The van der Waals surface area contributed by atoms with Crippen molar-refractivity contribution >= 4 is 35.0 Å². The number of nitrogens with zero attached hydrogens (tertiary/aromatic N) is 4. The predicted octanol–water partition coefficient (Wildman–Crippen LogP) is 4.91. The summed E-state index contributed by atoms with van der Waals surface area (Å²) in [6, 6.07) is 16.0. The Morgan fingerprint density at radius 1 is 1.05 bits per heavy atom. The lowest BCUT2D eigenvalue weighted by atomic mass is 10.1. The number of para-hydroxylation sites is 1. The van der Waals surface area contributed by atoms with Crippen LogP contribution in [0.5, 0.6) is 0 Å². The first-order chi connectivity index (χ1) is 18.9. The number of aryl methyl sites for hydroxylation is 2. The number of nitrogens with one attached hydrogen (secondary N) is 1. The fraction of sp³-hybridized carbons (Fsp3) is 0.367. The lowest BCUT2D eigenvalue weighted by molar-refractivity contribution is 0.0645. The maximum atomic E-state index is 13.2. The van der Waals surface area contributed by atoms with Gasteiger partial charge in [0.25, 0.3) is 5.91 Å². The van der Waals surface area contributed by atoms with Crippen LogP contribution in [-0.4, -0.2) is 84.6 Å². The number of carbonyl (C=O) groups is 2. The van der Waals surface area contributed by atoms with Crippen LogP contribution in [0, 0.1) is 13.8 Å². The summed E-state index contributed by atoms with van der Waals surface area (Å²) < 4.78 is 5.23. The normalized spacial score (nSPS) is 14.1. The molecule has 3 aromatic rings. The first-order valence-corrected chi connectivity index (χ1v) is 14.1. The van der Waals surface area contributed by atoms with Crippen LogP contribution >= 0.6 is 11.3 Å². The van der Waals surface area contributed by atoms with Gasteiger partial charge in [0.15, 0.2) is 0 Å². The summed E-state index contributed by atoms with van der Waals surface area (Å²) >= 11 is 1.40. The van der Waals surface area contributed by atoms with Crippen LogP contribution in [0.15, 0.2) is 60.0 Å². The summed E-state index contributed by atoms with van der Waals surface area (Å²) in [5.74, 6) is -0.0552. The summed E-state index contributed by atoms with van der Waals surface area (Å²) in [4.78, 5) is 36.8. The zero-order chi connectivity index (χ0) is 27.6. The standard InChI is InChI=1S/C30H37N5O3S/c1-23-9-7-10-24(2)28(23)32-30(37)35(19-20-38-3)21-27-31-26(22-39-27)29(36)34-17-15-33(16-18-34)14-8-13-25-11-5-4-6-12-25/h4-13,22H,14-21H2,1-3H3,(H,32,37)/b13-8+. The Labute approximate surface area is 234 Å². The van der Waals surface area contributed by atoms with E-state index in [1.807, 2.05) is 55.1 Å². The second kappa shape index (κ2) is 14.0. The van der Waals surface area contributed by atoms with Gasteiger partial charge in [0.1, 0.15) is 10.7 Å². The van der Waals surface area contributed by atoms with E-state index in [1.165, 1.54) is 16.9 Å². The molecule has 39 heavy (non-hydrogen) atoms. The quantitative estimate of drug-likeness (QED) is 0.390. The van der Waals surface area contributed by atoms with Gasteiger partial charge in [-0.05, 0) is 30.5 Å². The van der Waals surface area contributed by atoms with Gasteiger partial charge in [-0.25, -0.2) is 9.78 Å². The molecule has 2 aromatic carbocycles. The van der Waals surface area contributed by atoms with Crippen LogP contribution in [0.4, 0.5) is 10.5 Å². The molecule has 1 aliphatic heterocycles. The lowest BCUT2D eigenvalue weighted by Gasteiger charge is -2.33. The third-order valence-corrected chi connectivity index (χ3v) is 7.63. The Hall–Kier alpha value is -3.53. The molecule has 0 spiro atoms. The molecule has 3 amide bonds. The van der Waals surface area contributed by atoms with Crippen molar-refractivity contribution in [1.29, 1.82) is 0 Å². The van der Waals surface area contributed by atoms with Gasteiger partial charge >= 0.3 is 6.03 Å². The van der Waals surface area contributed by atoms with Crippen LogP contribution in [-0.2, 0) is 11.3 Å². The number of urea groups is 1. The van der Waals surface area contributed by atoms with Crippen molar-refractivity contribution < 1.29 is 14.3 Å². The number of amides is 3. The maximum absolute atomic E-state index is 13.2. The van der Waals surface area contributed by atoms with Crippen LogP contribution < -0.4 is 5.32 Å². The lowest BCUT2D eigenvalue weighted by Crippen LogP contribution is -2.48. The molecule has 1 saturated heterocycles. The van der Waals surface area contributed by atoms with Crippen LogP contribution in [0.3, 0.4) is 0 Å². The van der Waals surface area contributed by atoms with Crippen molar-refractivity contribution in [3.05, 3.63) is 87.4 Å². The van der Waals surface area contributed by atoms with Gasteiger partial charge in [-0.2, -0.15) is 0 Å². The Morgan fingerprint density at radius 3 is 2.46 bits per heavy atom. The zero-order valence-electron chi connectivity index (χ0n) is 22.9. The molecule has 1 aromatic heterocycles. The molecule has 0 radical (unpaired) electrons. The van der Waals surface area contributed by atoms with Crippen molar-refractivity contribution in [1.82, 2.24) is 19.7 Å². The molecule has 0 unspecified atom stereocenters. The number of anilines is 1. The number of hydrogen-bond donors (Lipinski definition) is 1. The van der Waals surface area contributed by atoms with Crippen molar-refractivity contribution in [2.45, 2.75) is 20.4 Å². The predicted molar refractivity (Wildman–Crippen MR) is 157 cm³/mol. The van der Waals surface area contributed by atoms with Gasteiger partial charge < -0.3 is 19.9 Å². The van der Waals surface area contributed by atoms with Gasteiger partial charge in [0.05, 0.1) is 13.2 Å². The number of ether oxygens (including phenoxy) is 1. The number of benzene rings is 2. The first-order valence-electron chi connectivity index (χ1n) is 13.2. The molecule has 0 saturated carbocycles. The van der Waals surface area contributed by atoms with Gasteiger partial charge in [-0.1, -0.05) is 60.7 Å². The van der Waals surface area contributed by atoms with E-state index in [4.69, 9.17) is 4.74 Å². The first kappa shape index (κ1) is 28.5. The van der Waals surface area contributed by atoms with Gasteiger partial charge in [0.2, 0.25) is 0 Å². The molecule has 0 aliphatic carbocycles. The molecular formula is C30H37N5O3S. The highest BCUT2D eigenvalue weighted by molar-refractivity contribution is 7.09. The minimum atomic E-state index is -0.218. The average molecular weight is 548 g/mol. The highest BCUT2D eigenvalue weighted by atomic mass is 32.1. The minimum Gasteiger partial charge on any atom is -0.383 e. The Balaban J connectivity index is 1.31. The van der Waals surface area contributed by atoms with Crippen molar-refractivity contribution in [3.8, 4) is 0 Å². The van der Waals surface area contributed by atoms with E-state index in [1.54, 1.807) is 17.4 Å². The summed E-state index contributed by atoms with van der Waals surface area (Å²) in [6.45, 7) is 8.92. The van der Waals surface area contributed by atoms with Crippen molar-refractivity contribution in [3.63, 3.8) is 0 Å². The van der Waals surface area contributed by atoms with E-state index in [0.29, 0.717) is 38.5 Å². The second-order valence-electron chi connectivity index (χ2n) is 9.64. The third-order valence-electron chi connectivity index (χ3n) is 6.80. The topological polar surface area (TPSA) is 78.0 Å². The second-order valence-corrected chi connectivity index (χ2v) is 10.6. The summed E-state index contributed by atoms with van der Waals surface area (Å²) in [7, 11) is 1.61. The van der Waals surface area contributed by atoms with Crippen molar-refractivity contribution in [2.75, 3.05) is 58.3 Å².